The lowest BCUT2D eigenvalue weighted by atomic mass is 10.2. The molecule has 0 N–H and O–H groups in total. The molecule has 30 heavy (non-hydrogen) atoms. The van der Waals surface area contributed by atoms with Crippen molar-refractivity contribution in [2.24, 2.45) is 0 Å². The van der Waals surface area contributed by atoms with Crippen LogP contribution < -0.4 is 9.47 Å². The van der Waals surface area contributed by atoms with Gasteiger partial charge in [-0.25, -0.2) is 19.5 Å². The number of fused-ring (bicyclic) bond motifs is 3. The lowest BCUT2D eigenvalue weighted by Gasteiger charge is -2.05. The molecule has 8 heteroatoms. The zero-order valence-corrected chi connectivity index (χ0v) is 16.9. The summed E-state index contributed by atoms with van der Waals surface area (Å²) in [5.74, 6) is 2.92. The van der Waals surface area contributed by atoms with E-state index in [-0.39, 0.29) is 6.61 Å². The largest absolute Gasteiger partial charge is 0.497 e. The molecule has 4 aromatic heterocycles. The molecule has 4 heterocycles. The minimum atomic E-state index is 0.258. The number of aromatic nitrogens is 6. The van der Waals surface area contributed by atoms with Gasteiger partial charge in [-0.05, 0) is 55.8 Å². The number of ether oxygens (including phenoxy) is 2. The summed E-state index contributed by atoms with van der Waals surface area (Å²) in [7, 11) is 1.63. The molecule has 5 aromatic rings. The molecule has 0 aliphatic rings. The van der Waals surface area contributed by atoms with Crippen molar-refractivity contribution in [2.75, 3.05) is 7.11 Å². The first-order chi connectivity index (χ1) is 14.7. The molecule has 0 saturated heterocycles. The van der Waals surface area contributed by atoms with Crippen LogP contribution in [-0.4, -0.2) is 36.2 Å². The van der Waals surface area contributed by atoms with E-state index in [4.69, 9.17) is 14.5 Å². The molecule has 1 aromatic carbocycles. The van der Waals surface area contributed by atoms with Crippen molar-refractivity contribution >= 4 is 16.7 Å². The van der Waals surface area contributed by atoms with Crippen LogP contribution in [0.15, 0.2) is 55.0 Å². The van der Waals surface area contributed by atoms with E-state index in [1.165, 1.54) is 0 Å². The summed E-state index contributed by atoms with van der Waals surface area (Å²) in [6.45, 7) is 4.39. The number of hydrogen-bond acceptors (Lipinski definition) is 6. The first-order valence-corrected chi connectivity index (χ1v) is 9.56. The Balaban J connectivity index is 1.53. The summed E-state index contributed by atoms with van der Waals surface area (Å²) in [5, 5.41) is 5.49. The number of nitrogens with zero attached hydrogens (tertiary/aromatic N) is 6. The fourth-order valence-electron chi connectivity index (χ4n) is 3.55. The van der Waals surface area contributed by atoms with E-state index < -0.39 is 0 Å². The zero-order chi connectivity index (χ0) is 20.7. The molecule has 150 valence electrons. The number of hydrogen-bond donors (Lipinski definition) is 0. The highest BCUT2D eigenvalue weighted by molar-refractivity contribution is 5.94. The minimum Gasteiger partial charge on any atom is -0.497 e. The number of aryl methyl sites for hydroxylation is 1. The highest BCUT2D eigenvalue weighted by atomic mass is 16.5. The first kappa shape index (κ1) is 18.1. The van der Waals surface area contributed by atoms with E-state index in [0.717, 1.165) is 45.3 Å². The summed E-state index contributed by atoms with van der Waals surface area (Å²) in [4.78, 5) is 13.9. The molecule has 0 radical (unpaired) electrons. The van der Waals surface area contributed by atoms with Crippen molar-refractivity contribution in [1.82, 2.24) is 29.1 Å². The summed E-state index contributed by atoms with van der Waals surface area (Å²) in [6.07, 6.45) is 3.46. The Morgan fingerprint density at radius 3 is 2.47 bits per heavy atom. The molecule has 0 bridgehead atoms. The number of rotatable bonds is 5. The number of methoxy groups -OCH3 is 1. The number of pyridine rings is 1. The smallest absolute Gasteiger partial charge is 0.189 e. The van der Waals surface area contributed by atoms with Gasteiger partial charge in [0.1, 0.15) is 30.3 Å². The second-order valence-electron chi connectivity index (χ2n) is 6.94. The van der Waals surface area contributed by atoms with Crippen LogP contribution in [0.1, 0.15) is 17.1 Å². The molecule has 0 saturated carbocycles. The van der Waals surface area contributed by atoms with Crippen molar-refractivity contribution in [3.63, 3.8) is 0 Å². The van der Waals surface area contributed by atoms with Crippen molar-refractivity contribution in [3.8, 4) is 17.3 Å². The molecule has 0 aliphatic heterocycles. The van der Waals surface area contributed by atoms with Gasteiger partial charge in [-0.2, -0.15) is 0 Å². The maximum atomic E-state index is 5.83. The molecule has 0 atom stereocenters. The molecule has 0 fully saturated rings. The fourth-order valence-corrected chi connectivity index (χ4v) is 3.55. The average Bonchev–Trinajstić information content (AvgIpc) is 3.31. The number of benzene rings is 1. The van der Waals surface area contributed by atoms with Gasteiger partial charge in [0.05, 0.1) is 12.5 Å². The maximum Gasteiger partial charge on any atom is 0.189 e. The van der Waals surface area contributed by atoms with E-state index in [1.54, 1.807) is 24.1 Å². The van der Waals surface area contributed by atoms with Crippen LogP contribution in [0.25, 0.3) is 22.5 Å². The van der Waals surface area contributed by atoms with Gasteiger partial charge in [0, 0.05) is 11.9 Å². The Hall–Kier alpha value is -3.94. The van der Waals surface area contributed by atoms with E-state index in [2.05, 4.69) is 28.9 Å². The van der Waals surface area contributed by atoms with Crippen LogP contribution in [0.5, 0.6) is 11.5 Å². The van der Waals surface area contributed by atoms with Crippen molar-refractivity contribution in [2.45, 2.75) is 20.5 Å². The van der Waals surface area contributed by atoms with Crippen LogP contribution in [0.2, 0.25) is 0 Å². The van der Waals surface area contributed by atoms with Gasteiger partial charge in [0.2, 0.25) is 0 Å². The van der Waals surface area contributed by atoms with Crippen LogP contribution in [0, 0.1) is 13.8 Å². The Bertz CT molecular complexity index is 1340. The molecule has 0 amide bonds. The lowest BCUT2D eigenvalue weighted by Crippen LogP contribution is -2.01. The van der Waals surface area contributed by atoms with E-state index >= 15 is 0 Å². The predicted octanol–water partition coefficient (Wildman–Crippen LogP) is 3.67. The van der Waals surface area contributed by atoms with Crippen molar-refractivity contribution in [1.29, 1.82) is 0 Å². The Labute approximate surface area is 172 Å². The molecule has 5 rings (SSSR count). The summed E-state index contributed by atoms with van der Waals surface area (Å²) >= 11 is 0. The molecule has 0 spiro atoms. The second kappa shape index (κ2) is 7.14. The standard InChI is InChI=1S/C22H20N6O2/c1-14-15(2)28(19-6-4-5-11-23-19)21-20(14)22-25-18(26-27(22)13-24-21)12-30-17-9-7-16(29-3)8-10-17/h4-11,13H,12H2,1-3H3. The quantitative estimate of drug-likeness (QED) is 0.448. The second-order valence-corrected chi connectivity index (χ2v) is 6.94. The normalized spacial score (nSPS) is 11.3. The van der Waals surface area contributed by atoms with Crippen LogP contribution in [0.4, 0.5) is 0 Å². The highest BCUT2D eigenvalue weighted by Crippen LogP contribution is 2.29. The Kier molecular flexibility index (Phi) is 4.31. The third kappa shape index (κ3) is 2.93. The Morgan fingerprint density at radius 1 is 0.933 bits per heavy atom. The van der Waals surface area contributed by atoms with Crippen LogP contribution in [-0.2, 0) is 6.61 Å². The SMILES string of the molecule is COc1ccc(OCc2nc3c4c(C)c(C)n(-c5ccccn5)c4ncn3n2)cc1. The van der Waals surface area contributed by atoms with Gasteiger partial charge in [0.25, 0.3) is 0 Å². The minimum absolute atomic E-state index is 0.258. The topological polar surface area (TPSA) is 79.4 Å². The molecular formula is C22H20N6O2. The van der Waals surface area contributed by atoms with E-state index in [1.807, 2.05) is 47.0 Å². The predicted molar refractivity (Wildman–Crippen MR) is 112 cm³/mol. The Morgan fingerprint density at radius 2 is 1.73 bits per heavy atom. The zero-order valence-electron chi connectivity index (χ0n) is 16.9. The lowest BCUT2D eigenvalue weighted by molar-refractivity contribution is 0.295. The average molecular weight is 400 g/mol. The van der Waals surface area contributed by atoms with Crippen molar-refractivity contribution in [3.05, 3.63) is 72.1 Å². The van der Waals surface area contributed by atoms with Crippen LogP contribution >= 0.6 is 0 Å². The first-order valence-electron chi connectivity index (χ1n) is 9.56. The van der Waals surface area contributed by atoms with Gasteiger partial charge >= 0.3 is 0 Å². The molecule has 8 nitrogen and oxygen atoms in total. The van der Waals surface area contributed by atoms with Gasteiger partial charge in [0.15, 0.2) is 17.1 Å². The molecular weight excluding hydrogens is 380 g/mol. The summed E-state index contributed by atoms with van der Waals surface area (Å²) in [6, 6.07) is 13.3. The van der Waals surface area contributed by atoms with Crippen molar-refractivity contribution < 1.29 is 9.47 Å². The fraction of sp³-hybridized carbons (Fsp3) is 0.182. The monoisotopic (exact) mass is 400 g/mol. The summed E-state index contributed by atoms with van der Waals surface area (Å²) < 4.78 is 14.7. The summed E-state index contributed by atoms with van der Waals surface area (Å²) in [5.41, 5.74) is 3.74. The maximum absolute atomic E-state index is 5.83. The van der Waals surface area contributed by atoms with Gasteiger partial charge in [-0.1, -0.05) is 6.07 Å². The highest BCUT2D eigenvalue weighted by Gasteiger charge is 2.19. The molecule has 0 aliphatic carbocycles. The third-order valence-electron chi connectivity index (χ3n) is 5.18. The van der Waals surface area contributed by atoms with Gasteiger partial charge < -0.3 is 9.47 Å². The van der Waals surface area contributed by atoms with E-state index in [9.17, 15) is 0 Å². The van der Waals surface area contributed by atoms with Crippen LogP contribution in [0.3, 0.4) is 0 Å². The third-order valence-corrected chi connectivity index (χ3v) is 5.18. The van der Waals surface area contributed by atoms with E-state index in [0.29, 0.717) is 5.82 Å². The van der Waals surface area contributed by atoms with Gasteiger partial charge in [-0.15, -0.1) is 5.10 Å². The molecule has 0 unspecified atom stereocenters. The van der Waals surface area contributed by atoms with Gasteiger partial charge in [-0.3, -0.25) is 4.57 Å².